The number of hydrogen-bond acceptors (Lipinski definition) is 3. The summed E-state index contributed by atoms with van der Waals surface area (Å²) in [7, 11) is 1.71. The molecule has 1 unspecified atom stereocenters. The lowest BCUT2D eigenvalue weighted by Gasteiger charge is -2.12. The van der Waals surface area contributed by atoms with Crippen molar-refractivity contribution in [1.29, 1.82) is 0 Å². The third kappa shape index (κ3) is 2.70. The monoisotopic (exact) mass is 180 g/mol. The SMILES string of the molecule is COCCC(C)c1cccnc1N. The van der Waals surface area contributed by atoms with Crippen LogP contribution in [-0.2, 0) is 4.74 Å². The number of nitrogen functional groups attached to an aromatic ring is 1. The molecule has 1 aromatic rings. The van der Waals surface area contributed by atoms with E-state index >= 15 is 0 Å². The molecule has 2 N–H and O–H groups in total. The van der Waals surface area contributed by atoms with E-state index < -0.39 is 0 Å². The van der Waals surface area contributed by atoms with Crippen molar-refractivity contribution in [3.63, 3.8) is 0 Å². The second-order valence-electron chi connectivity index (χ2n) is 3.16. The highest BCUT2D eigenvalue weighted by Crippen LogP contribution is 2.22. The highest BCUT2D eigenvalue weighted by molar-refractivity contribution is 5.40. The van der Waals surface area contributed by atoms with Gasteiger partial charge in [0.05, 0.1) is 0 Å². The lowest BCUT2D eigenvalue weighted by atomic mass is 9.99. The van der Waals surface area contributed by atoms with Crippen LogP contribution in [0.15, 0.2) is 18.3 Å². The highest BCUT2D eigenvalue weighted by Gasteiger charge is 2.08. The molecule has 0 saturated carbocycles. The first-order valence-electron chi connectivity index (χ1n) is 4.45. The summed E-state index contributed by atoms with van der Waals surface area (Å²) in [5.74, 6) is 1.04. The van der Waals surface area contributed by atoms with Gasteiger partial charge in [0.15, 0.2) is 0 Å². The molecule has 3 heteroatoms. The summed E-state index contributed by atoms with van der Waals surface area (Å²) in [5, 5.41) is 0. The molecular formula is C10H16N2O. The average molecular weight is 180 g/mol. The van der Waals surface area contributed by atoms with E-state index in [1.165, 1.54) is 0 Å². The molecule has 0 radical (unpaired) electrons. The molecule has 3 nitrogen and oxygen atoms in total. The minimum atomic E-state index is 0.411. The standard InChI is InChI=1S/C10H16N2O/c1-8(5-7-13-2)9-4-3-6-12-10(9)11/h3-4,6,8H,5,7H2,1-2H3,(H2,11,12). The molecule has 0 spiro atoms. The quantitative estimate of drug-likeness (QED) is 0.768. The third-order valence-electron chi connectivity index (χ3n) is 2.16. The first-order chi connectivity index (χ1) is 6.25. The Morgan fingerprint density at radius 2 is 2.38 bits per heavy atom. The Labute approximate surface area is 78.9 Å². The molecular weight excluding hydrogens is 164 g/mol. The minimum absolute atomic E-state index is 0.411. The summed E-state index contributed by atoms with van der Waals surface area (Å²) in [6, 6.07) is 3.93. The van der Waals surface area contributed by atoms with Gasteiger partial charge in [-0.25, -0.2) is 4.98 Å². The van der Waals surface area contributed by atoms with Crippen LogP contribution in [0.4, 0.5) is 5.82 Å². The van der Waals surface area contributed by atoms with Crippen LogP contribution in [0.2, 0.25) is 0 Å². The number of hydrogen-bond donors (Lipinski definition) is 1. The van der Waals surface area contributed by atoms with Gasteiger partial charge in [-0.3, -0.25) is 0 Å². The summed E-state index contributed by atoms with van der Waals surface area (Å²) in [4.78, 5) is 4.05. The smallest absolute Gasteiger partial charge is 0.126 e. The third-order valence-corrected chi connectivity index (χ3v) is 2.16. The van der Waals surface area contributed by atoms with Crippen LogP contribution in [0, 0.1) is 0 Å². The number of methoxy groups -OCH3 is 1. The Morgan fingerprint density at radius 3 is 3.00 bits per heavy atom. The van der Waals surface area contributed by atoms with Gasteiger partial charge in [0.2, 0.25) is 0 Å². The second-order valence-corrected chi connectivity index (χ2v) is 3.16. The zero-order valence-electron chi connectivity index (χ0n) is 8.16. The minimum Gasteiger partial charge on any atom is -0.385 e. The van der Waals surface area contributed by atoms with Crippen LogP contribution < -0.4 is 5.73 Å². The van der Waals surface area contributed by atoms with Crippen molar-refractivity contribution in [2.45, 2.75) is 19.3 Å². The predicted octanol–water partition coefficient (Wildman–Crippen LogP) is 1.80. The van der Waals surface area contributed by atoms with Crippen molar-refractivity contribution in [3.05, 3.63) is 23.9 Å². The van der Waals surface area contributed by atoms with Crippen LogP contribution in [0.3, 0.4) is 0 Å². The fourth-order valence-corrected chi connectivity index (χ4v) is 1.30. The maximum absolute atomic E-state index is 5.74. The number of nitrogens with two attached hydrogens (primary N) is 1. The van der Waals surface area contributed by atoms with Crippen LogP contribution in [0.25, 0.3) is 0 Å². The molecule has 72 valence electrons. The van der Waals surface area contributed by atoms with Gasteiger partial charge in [0, 0.05) is 19.9 Å². The molecule has 0 aromatic carbocycles. The van der Waals surface area contributed by atoms with E-state index in [9.17, 15) is 0 Å². The van der Waals surface area contributed by atoms with Gasteiger partial charge in [-0.2, -0.15) is 0 Å². The molecule has 1 rings (SSSR count). The number of rotatable bonds is 4. The summed E-state index contributed by atoms with van der Waals surface area (Å²) in [5.41, 5.74) is 6.85. The number of pyridine rings is 1. The summed E-state index contributed by atoms with van der Waals surface area (Å²) in [6.07, 6.45) is 2.69. The van der Waals surface area contributed by atoms with Crippen molar-refractivity contribution >= 4 is 5.82 Å². The fourth-order valence-electron chi connectivity index (χ4n) is 1.30. The number of ether oxygens (including phenoxy) is 1. The highest BCUT2D eigenvalue weighted by atomic mass is 16.5. The summed E-state index contributed by atoms with van der Waals surface area (Å²) in [6.45, 7) is 2.89. The number of nitrogens with zero attached hydrogens (tertiary/aromatic N) is 1. The number of aromatic nitrogens is 1. The van der Waals surface area contributed by atoms with E-state index in [4.69, 9.17) is 10.5 Å². The molecule has 0 saturated heterocycles. The van der Waals surface area contributed by atoms with E-state index in [0.717, 1.165) is 18.6 Å². The van der Waals surface area contributed by atoms with Gasteiger partial charge in [0.25, 0.3) is 0 Å². The molecule has 0 aliphatic carbocycles. The predicted molar refractivity (Wildman–Crippen MR) is 53.6 cm³/mol. The largest absolute Gasteiger partial charge is 0.385 e. The molecule has 0 aliphatic heterocycles. The lowest BCUT2D eigenvalue weighted by molar-refractivity contribution is 0.189. The molecule has 0 fully saturated rings. The zero-order chi connectivity index (χ0) is 9.68. The first-order valence-corrected chi connectivity index (χ1v) is 4.45. The molecule has 0 aliphatic rings. The van der Waals surface area contributed by atoms with E-state index in [0.29, 0.717) is 11.7 Å². The van der Waals surface area contributed by atoms with E-state index in [-0.39, 0.29) is 0 Å². The number of anilines is 1. The van der Waals surface area contributed by atoms with Crippen molar-refractivity contribution in [1.82, 2.24) is 4.98 Å². The van der Waals surface area contributed by atoms with Gasteiger partial charge in [0.1, 0.15) is 5.82 Å². The molecule has 1 atom stereocenters. The molecule has 0 amide bonds. The Bertz CT molecular complexity index is 263. The Hall–Kier alpha value is -1.09. The Morgan fingerprint density at radius 1 is 1.62 bits per heavy atom. The average Bonchev–Trinajstić information content (AvgIpc) is 2.15. The molecule has 1 heterocycles. The van der Waals surface area contributed by atoms with Crippen LogP contribution >= 0.6 is 0 Å². The summed E-state index contributed by atoms with van der Waals surface area (Å²) < 4.78 is 5.01. The van der Waals surface area contributed by atoms with Gasteiger partial charge in [-0.05, 0) is 24.0 Å². The van der Waals surface area contributed by atoms with Gasteiger partial charge < -0.3 is 10.5 Å². The Balaban J connectivity index is 2.65. The first kappa shape index (κ1) is 9.99. The molecule has 13 heavy (non-hydrogen) atoms. The van der Waals surface area contributed by atoms with Crippen molar-refractivity contribution in [2.24, 2.45) is 0 Å². The normalized spacial score (nSPS) is 12.8. The maximum atomic E-state index is 5.74. The van der Waals surface area contributed by atoms with Crippen LogP contribution in [0.1, 0.15) is 24.8 Å². The molecule has 0 bridgehead atoms. The fraction of sp³-hybridized carbons (Fsp3) is 0.500. The lowest BCUT2D eigenvalue weighted by Crippen LogP contribution is -2.03. The van der Waals surface area contributed by atoms with Crippen LogP contribution in [0.5, 0.6) is 0 Å². The second kappa shape index (κ2) is 4.82. The van der Waals surface area contributed by atoms with E-state index in [2.05, 4.69) is 11.9 Å². The Kier molecular flexibility index (Phi) is 3.71. The van der Waals surface area contributed by atoms with Crippen LogP contribution in [-0.4, -0.2) is 18.7 Å². The van der Waals surface area contributed by atoms with Crippen molar-refractivity contribution in [3.8, 4) is 0 Å². The maximum Gasteiger partial charge on any atom is 0.126 e. The van der Waals surface area contributed by atoms with E-state index in [1.54, 1.807) is 13.3 Å². The van der Waals surface area contributed by atoms with Crippen molar-refractivity contribution in [2.75, 3.05) is 19.5 Å². The van der Waals surface area contributed by atoms with Gasteiger partial charge >= 0.3 is 0 Å². The van der Waals surface area contributed by atoms with Gasteiger partial charge in [-0.15, -0.1) is 0 Å². The zero-order valence-corrected chi connectivity index (χ0v) is 8.16. The van der Waals surface area contributed by atoms with E-state index in [1.807, 2.05) is 12.1 Å². The topological polar surface area (TPSA) is 48.1 Å². The van der Waals surface area contributed by atoms with Gasteiger partial charge in [-0.1, -0.05) is 13.0 Å². The van der Waals surface area contributed by atoms with Crippen molar-refractivity contribution < 1.29 is 4.74 Å². The summed E-state index contributed by atoms with van der Waals surface area (Å²) >= 11 is 0. The molecule has 1 aromatic heterocycles.